The third kappa shape index (κ3) is 46.7. The van der Waals surface area contributed by atoms with Gasteiger partial charge in [-0.2, -0.15) is 0 Å². The van der Waals surface area contributed by atoms with Gasteiger partial charge < -0.3 is 14.2 Å². The topological polar surface area (TPSA) is 78.9 Å². The smallest absolute Gasteiger partial charge is 0.306 e. The number of rotatable bonds is 41. The van der Waals surface area contributed by atoms with Crippen molar-refractivity contribution in [1.82, 2.24) is 0 Å². The Morgan fingerprint density at radius 1 is 0.344 bits per heavy atom. The number of allylic oxidation sites excluding steroid dienone is 20. The van der Waals surface area contributed by atoms with E-state index < -0.39 is 6.10 Å². The van der Waals surface area contributed by atoms with Crippen molar-refractivity contribution < 1.29 is 28.6 Å². The van der Waals surface area contributed by atoms with E-state index in [-0.39, 0.29) is 37.5 Å². The number of ether oxygens (including phenoxy) is 3. The molecule has 0 aromatic heterocycles. The van der Waals surface area contributed by atoms with Crippen molar-refractivity contribution in [3.05, 3.63) is 122 Å². The minimum absolute atomic E-state index is 0.107. The van der Waals surface area contributed by atoms with Gasteiger partial charge in [-0.1, -0.05) is 181 Å². The molecule has 1 atom stereocenters. The lowest BCUT2D eigenvalue weighted by Gasteiger charge is -2.18. The predicted octanol–water partition coefficient (Wildman–Crippen LogP) is 15.7. The highest BCUT2D eigenvalue weighted by Crippen LogP contribution is 2.11. The first-order valence-electron chi connectivity index (χ1n) is 24.0. The SMILES string of the molecule is CC/C=C\C/C=C\C/C=C\C/C=C\C/C=C\C/C=C\CCCCC(=O)OCC(COC(=O)CCCCCCC)OC(=O)CCCCCC/C=C\C/C=C\C/C=C\C/C=C\CC. The van der Waals surface area contributed by atoms with Crippen molar-refractivity contribution in [2.24, 2.45) is 0 Å². The van der Waals surface area contributed by atoms with Crippen LogP contribution in [0.4, 0.5) is 0 Å². The van der Waals surface area contributed by atoms with E-state index in [1.807, 2.05) is 0 Å². The molecule has 61 heavy (non-hydrogen) atoms. The number of carbonyl (C=O) groups is 3. The van der Waals surface area contributed by atoms with Gasteiger partial charge in [0.15, 0.2) is 6.10 Å². The molecule has 0 saturated carbocycles. The molecule has 0 aliphatic rings. The summed E-state index contributed by atoms with van der Waals surface area (Å²) in [6.07, 6.45) is 66.4. The molecule has 0 aliphatic carbocycles. The predicted molar refractivity (Wildman–Crippen MR) is 260 cm³/mol. The fraction of sp³-hybridized carbons (Fsp3) is 0.582. The molecule has 0 fully saturated rings. The summed E-state index contributed by atoms with van der Waals surface area (Å²) in [5.41, 5.74) is 0. The zero-order chi connectivity index (χ0) is 44.4. The highest BCUT2D eigenvalue weighted by Gasteiger charge is 2.19. The van der Waals surface area contributed by atoms with Crippen LogP contribution >= 0.6 is 0 Å². The van der Waals surface area contributed by atoms with Crippen molar-refractivity contribution in [2.75, 3.05) is 13.2 Å². The summed E-state index contributed by atoms with van der Waals surface area (Å²) >= 11 is 0. The molecule has 0 N–H and O–H groups in total. The van der Waals surface area contributed by atoms with Gasteiger partial charge in [0.2, 0.25) is 0 Å². The lowest BCUT2D eigenvalue weighted by molar-refractivity contribution is -0.167. The Morgan fingerprint density at radius 3 is 1.02 bits per heavy atom. The van der Waals surface area contributed by atoms with Crippen molar-refractivity contribution in [1.29, 1.82) is 0 Å². The van der Waals surface area contributed by atoms with Gasteiger partial charge >= 0.3 is 17.9 Å². The molecule has 0 aromatic rings. The molecule has 6 heteroatoms. The molecule has 0 rings (SSSR count). The van der Waals surface area contributed by atoms with E-state index in [9.17, 15) is 14.4 Å². The third-order valence-electron chi connectivity index (χ3n) is 9.46. The van der Waals surface area contributed by atoms with Gasteiger partial charge in [0.1, 0.15) is 13.2 Å². The second-order valence-electron chi connectivity index (χ2n) is 15.3. The molecule has 0 bridgehead atoms. The average molecular weight is 843 g/mol. The van der Waals surface area contributed by atoms with Crippen LogP contribution < -0.4 is 0 Å². The fourth-order valence-electron chi connectivity index (χ4n) is 5.90. The van der Waals surface area contributed by atoms with E-state index in [1.54, 1.807) is 0 Å². The first kappa shape index (κ1) is 56.8. The molecule has 0 spiro atoms. The van der Waals surface area contributed by atoms with Crippen molar-refractivity contribution in [2.45, 2.75) is 194 Å². The fourth-order valence-corrected chi connectivity index (χ4v) is 5.90. The maximum atomic E-state index is 12.7. The van der Waals surface area contributed by atoms with Crippen LogP contribution in [0.15, 0.2) is 122 Å². The molecule has 342 valence electrons. The monoisotopic (exact) mass is 843 g/mol. The van der Waals surface area contributed by atoms with Crippen LogP contribution in [0.5, 0.6) is 0 Å². The number of unbranched alkanes of at least 4 members (excludes halogenated alkanes) is 10. The Hall–Kier alpha value is -4.19. The molecule has 6 nitrogen and oxygen atoms in total. The normalized spacial score (nSPS) is 13.2. The van der Waals surface area contributed by atoms with Crippen LogP contribution in [0.25, 0.3) is 0 Å². The molecule has 0 radical (unpaired) electrons. The van der Waals surface area contributed by atoms with Gasteiger partial charge in [-0.3, -0.25) is 14.4 Å². The Bertz CT molecular complexity index is 1340. The molecule has 0 saturated heterocycles. The van der Waals surface area contributed by atoms with Crippen LogP contribution in [-0.2, 0) is 28.6 Å². The summed E-state index contributed by atoms with van der Waals surface area (Å²) in [6.45, 7) is 6.23. The Morgan fingerprint density at radius 2 is 0.639 bits per heavy atom. The van der Waals surface area contributed by atoms with E-state index in [4.69, 9.17) is 14.2 Å². The van der Waals surface area contributed by atoms with Crippen LogP contribution in [0.1, 0.15) is 188 Å². The number of carbonyl (C=O) groups excluding carboxylic acids is 3. The summed E-state index contributed by atoms with van der Waals surface area (Å²) in [5, 5.41) is 0. The zero-order valence-corrected chi connectivity index (χ0v) is 38.9. The maximum absolute atomic E-state index is 12.7. The summed E-state index contributed by atoms with van der Waals surface area (Å²) in [6, 6.07) is 0. The summed E-state index contributed by atoms with van der Waals surface area (Å²) < 4.78 is 16.6. The van der Waals surface area contributed by atoms with Gasteiger partial charge in [0, 0.05) is 19.3 Å². The average Bonchev–Trinajstić information content (AvgIpc) is 3.26. The first-order chi connectivity index (χ1) is 30.0. The van der Waals surface area contributed by atoms with Crippen molar-refractivity contribution >= 4 is 17.9 Å². The molecule has 0 aromatic carbocycles. The molecule has 1 unspecified atom stereocenters. The molecule has 0 aliphatic heterocycles. The number of esters is 3. The zero-order valence-electron chi connectivity index (χ0n) is 38.9. The Balaban J connectivity index is 4.36. The number of hydrogen-bond donors (Lipinski definition) is 0. The van der Waals surface area contributed by atoms with Gasteiger partial charge in [-0.15, -0.1) is 0 Å². The standard InChI is InChI=1S/C55H86O6/c1-4-7-10-13-15-17-19-21-23-25-26-27-28-30-31-33-35-37-39-42-45-48-54(57)60-51-52(50-59-53(56)47-44-41-12-9-6-3)61-55(58)49-46-43-40-38-36-34-32-29-24-22-20-18-16-14-11-8-5-2/h7-8,10-11,15-18,21-24,26-27,30-32,34-35,37,52H,4-6,9,12-14,19-20,25,28-29,33,36,38-51H2,1-3H3/b10-7-,11-8-,17-15-,18-16-,23-21-,24-22-,27-26-,31-30-,34-32-,37-35-. The third-order valence-corrected chi connectivity index (χ3v) is 9.46. The minimum Gasteiger partial charge on any atom is -0.462 e. The van der Waals surface area contributed by atoms with Crippen molar-refractivity contribution in [3.8, 4) is 0 Å². The quantitative estimate of drug-likeness (QED) is 0.0264. The first-order valence-corrected chi connectivity index (χ1v) is 24.0. The lowest BCUT2D eigenvalue weighted by Crippen LogP contribution is -2.30. The van der Waals surface area contributed by atoms with Gasteiger partial charge in [0.25, 0.3) is 0 Å². The van der Waals surface area contributed by atoms with Crippen LogP contribution in [0, 0.1) is 0 Å². The maximum Gasteiger partial charge on any atom is 0.306 e. The summed E-state index contributed by atoms with van der Waals surface area (Å²) in [7, 11) is 0. The van der Waals surface area contributed by atoms with Crippen LogP contribution in [0.2, 0.25) is 0 Å². The highest BCUT2D eigenvalue weighted by molar-refractivity contribution is 5.71. The summed E-state index contributed by atoms with van der Waals surface area (Å²) in [5.74, 6) is -1.00. The largest absolute Gasteiger partial charge is 0.462 e. The molecular formula is C55H86O6. The van der Waals surface area contributed by atoms with Crippen LogP contribution in [-0.4, -0.2) is 37.2 Å². The van der Waals surface area contributed by atoms with Crippen LogP contribution in [0.3, 0.4) is 0 Å². The number of hydrogen-bond acceptors (Lipinski definition) is 6. The highest BCUT2D eigenvalue weighted by atomic mass is 16.6. The Kier molecular flexibility index (Phi) is 45.1. The summed E-state index contributed by atoms with van der Waals surface area (Å²) in [4.78, 5) is 37.6. The molecular weight excluding hydrogens is 757 g/mol. The van der Waals surface area contributed by atoms with Gasteiger partial charge in [-0.05, 0) is 109 Å². The second kappa shape index (κ2) is 48.5. The lowest BCUT2D eigenvalue weighted by atomic mass is 10.1. The van der Waals surface area contributed by atoms with Gasteiger partial charge in [-0.25, -0.2) is 0 Å². The van der Waals surface area contributed by atoms with E-state index in [1.165, 1.54) is 0 Å². The van der Waals surface area contributed by atoms with Gasteiger partial charge in [0.05, 0.1) is 0 Å². The van der Waals surface area contributed by atoms with E-state index in [2.05, 4.69) is 142 Å². The Labute approximate surface area is 373 Å². The van der Waals surface area contributed by atoms with E-state index >= 15 is 0 Å². The minimum atomic E-state index is -0.808. The van der Waals surface area contributed by atoms with E-state index in [0.717, 1.165) is 141 Å². The molecule has 0 amide bonds. The molecule has 0 heterocycles. The van der Waals surface area contributed by atoms with E-state index in [0.29, 0.717) is 19.3 Å². The van der Waals surface area contributed by atoms with Crippen molar-refractivity contribution in [3.63, 3.8) is 0 Å². The second-order valence-corrected chi connectivity index (χ2v) is 15.3.